The third-order valence-corrected chi connectivity index (χ3v) is 3.01. The van der Waals surface area contributed by atoms with Gasteiger partial charge in [0.05, 0.1) is 16.2 Å². The summed E-state index contributed by atoms with van der Waals surface area (Å²) in [6.45, 7) is 2.08. The average Bonchev–Trinajstić information content (AvgIpc) is 2.69. The number of hydrogen-bond acceptors (Lipinski definition) is 2. The predicted molar refractivity (Wildman–Crippen MR) is 72.1 cm³/mol. The van der Waals surface area contributed by atoms with Crippen molar-refractivity contribution in [1.29, 1.82) is 0 Å². The van der Waals surface area contributed by atoms with Crippen molar-refractivity contribution in [2.24, 2.45) is 0 Å². The molecule has 0 saturated heterocycles. The van der Waals surface area contributed by atoms with Gasteiger partial charge in [0.15, 0.2) is 0 Å². The maximum absolute atomic E-state index is 11.7. The zero-order valence-electron chi connectivity index (χ0n) is 9.65. The standard InChI is InChI=1S/C12H11Cl2N3O/c1-8-5-15-17(6-8)7-12(18)16-9-2-3-10(13)11(14)4-9/h2-6H,7H2,1H3,(H,16,18). The van der Waals surface area contributed by atoms with E-state index in [1.807, 2.05) is 6.92 Å². The first-order valence-electron chi connectivity index (χ1n) is 5.28. The normalized spacial score (nSPS) is 10.4. The second kappa shape index (κ2) is 5.42. The van der Waals surface area contributed by atoms with E-state index in [4.69, 9.17) is 23.2 Å². The number of aromatic nitrogens is 2. The van der Waals surface area contributed by atoms with Crippen molar-refractivity contribution in [2.45, 2.75) is 13.5 Å². The second-order valence-electron chi connectivity index (χ2n) is 3.89. The van der Waals surface area contributed by atoms with Gasteiger partial charge in [0.25, 0.3) is 0 Å². The molecule has 1 amide bonds. The fourth-order valence-corrected chi connectivity index (χ4v) is 1.77. The summed E-state index contributed by atoms with van der Waals surface area (Å²) < 4.78 is 1.57. The smallest absolute Gasteiger partial charge is 0.246 e. The van der Waals surface area contributed by atoms with Crippen LogP contribution in [0.4, 0.5) is 5.69 Å². The number of halogens is 2. The van der Waals surface area contributed by atoms with E-state index < -0.39 is 0 Å². The quantitative estimate of drug-likeness (QED) is 0.941. The molecule has 0 bridgehead atoms. The van der Waals surface area contributed by atoms with E-state index in [2.05, 4.69) is 10.4 Å². The highest BCUT2D eigenvalue weighted by molar-refractivity contribution is 6.42. The first-order valence-corrected chi connectivity index (χ1v) is 6.04. The van der Waals surface area contributed by atoms with E-state index in [0.29, 0.717) is 15.7 Å². The van der Waals surface area contributed by atoms with E-state index in [1.165, 1.54) is 0 Å². The van der Waals surface area contributed by atoms with Crippen LogP contribution in [0.25, 0.3) is 0 Å². The summed E-state index contributed by atoms with van der Waals surface area (Å²) in [5.74, 6) is -0.170. The summed E-state index contributed by atoms with van der Waals surface area (Å²) in [6, 6.07) is 4.94. The Morgan fingerprint density at radius 2 is 2.17 bits per heavy atom. The predicted octanol–water partition coefficient (Wildman–Crippen LogP) is 3.14. The van der Waals surface area contributed by atoms with Crippen LogP contribution in [-0.2, 0) is 11.3 Å². The monoisotopic (exact) mass is 283 g/mol. The molecule has 0 spiro atoms. The second-order valence-corrected chi connectivity index (χ2v) is 4.71. The van der Waals surface area contributed by atoms with E-state index in [-0.39, 0.29) is 12.5 Å². The summed E-state index contributed by atoms with van der Waals surface area (Å²) in [5.41, 5.74) is 1.62. The van der Waals surface area contributed by atoms with E-state index in [9.17, 15) is 4.79 Å². The number of anilines is 1. The number of carbonyl (C=O) groups excluding carboxylic acids is 1. The van der Waals surface area contributed by atoms with Gasteiger partial charge in [-0.1, -0.05) is 23.2 Å². The molecule has 0 aliphatic rings. The fourth-order valence-electron chi connectivity index (χ4n) is 1.47. The van der Waals surface area contributed by atoms with Gasteiger partial charge in [-0.25, -0.2) is 0 Å². The maximum atomic E-state index is 11.7. The Morgan fingerprint density at radius 1 is 1.39 bits per heavy atom. The van der Waals surface area contributed by atoms with Gasteiger partial charge in [-0.05, 0) is 30.7 Å². The van der Waals surface area contributed by atoms with Crippen LogP contribution < -0.4 is 5.32 Å². The molecule has 1 aromatic carbocycles. The molecule has 1 N–H and O–H groups in total. The molecule has 2 rings (SSSR count). The van der Waals surface area contributed by atoms with E-state index in [0.717, 1.165) is 5.56 Å². The minimum absolute atomic E-state index is 0.161. The van der Waals surface area contributed by atoms with Crippen LogP contribution in [0.15, 0.2) is 30.6 Å². The van der Waals surface area contributed by atoms with Crippen molar-refractivity contribution in [1.82, 2.24) is 9.78 Å². The Balaban J connectivity index is 2.00. The SMILES string of the molecule is Cc1cnn(CC(=O)Nc2ccc(Cl)c(Cl)c2)c1. The van der Waals surface area contributed by atoms with Crippen LogP contribution in [0.1, 0.15) is 5.56 Å². The zero-order valence-corrected chi connectivity index (χ0v) is 11.2. The molecule has 0 fully saturated rings. The molecule has 0 aliphatic heterocycles. The van der Waals surface area contributed by atoms with Crippen LogP contribution in [0.5, 0.6) is 0 Å². The van der Waals surface area contributed by atoms with Gasteiger partial charge in [-0.3, -0.25) is 9.48 Å². The van der Waals surface area contributed by atoms with Crippen LogP contribution >= 0.6 is 23.2 Å². The average molecular weight is 284 g/mol. The Bertz CT molecular complexity index is 580. The molecule has 0 aliphatic carbocycles. The number of benzene rings is 1. The van der Waals surface area contributed by atoms with Crippen molar-refractivity contribution < 1.29 is 4.79 Å². The van der Waals surface area contributed by atoms with E-state index in [1.54, 1.807) is 35.3 Å². The number of amides is 1. The van der Waals surface area contributed by atoms with Gasteiger partial charge in [0, 0.05) is 11.9 Å². The largest absolute Gasteiger partial charge is 0.324 e. The summed E-state index contributed by atoms with van der Waals surface area (Å²) in [5, 5.41) is 7.63. The lowest BCUT2D eigenvalue weighted by Gasteiger charge is -2.06. The van der Waals surface area contributed by atoms with Gasteiger partial charge < -0.3 is 5.32 Å². The van der Waals surface area contributed by atoms with Crippen molar-refractivity contribution in [2.75, 3.05) is 5.32 Å². The van der Waals surface area contributed by atoms with Gasteiger partial charge in [0.1, 0.15) is 6.54 Å². The zero-order chi connectivity index (χ0) is 13.1. The van der Waals surface area contributed by atoms with Crippen LogP contribution in [0.3, 0.4) is 0 Å². The number of rotatable bonds is 3. The molecule has 1 aromatic heterocycles. The highest BCUT2D eigenvalue weighted by Gasteiger charge is 2.06. The van der Waals surface area contributed by atoms with Gasteiger partial charge >= 0.3 is 0 Å². The molecular formula is C12H11Cl2N3O. The molecule has 18 heavy (non-hydrogen) atoms. The summed E-state index contributed by atoms with van der Waals surface area (Å²) in [4.78, 5) is 11.7. The third-order valence-electron chi connectivity index (χ3n) is 2.27. The van der Waals surface area contributed by atoms with E-state index >= 15 is 0 Å². The van der Waals surface area contributed by atoms with Gasteiger partial charge in [0.2, 0.25) is 5.91 Å². The topological polar surface area (TPSA) is 46.9 Å². The minimum Gasteiger partial charge on any atom is -0.324 e. The lowest BCUT2D eigenvalue weighted by molar-refractivity contribution is -0.116. The van der Waals surface area contributed by atoms with Crippen molar-refractivity contribution in [3.63, 3.8) is 0 Å². The van der Waals surface area contributed by atoms with Crippen molar-refractivity contribution >= 4 is 34.8 Å². The fraction of sp³-hybridized carbons (Fsp3) is 0.167. The highest BCUT2D eigenvalue weighted by Crippen LogP contribution is 2.24. The summed E-state index contributed by atoms with van der Waals surface area (Å²) >= 11 is 11.7. The van der Waals surface area contributed by atoms with Crippen molar-refractivity contribution in [3.8, 4) is 0 Å². The summed E-state index contributed by atoms with van der Waals surface area (Å²) in [7, 11) is 0. The number of aryl methyl sites for hydroxylation is 1. The van der Waals surface area contributed by atoms with Crippen molar-refractivity contribution in [3.05, 3.63) is 46.2 Å². The first kappa shape index (κ1) is 12.9. The maximum Gasteiger partial charge on any atom is 0.246 e. The molecule has 0 radical (unpaired) electrons. The summed E-state index contributed by atoms with van der Waals surface area (Å²) in [6.07, 6.45) is 3.50. The number of nitrogens with one attached hydrogen (secondary N) is 1. The van der Waals surface area contributed by atoms with Gasteiger partial charge in [-0.15, -0.1) is 0 Å². The Kier molecular flexibility index (Phi) is 3.89. The molecule has 6 heteroatoms. The number of nitrogens with zero attached hydrogens (tertiary/aromatic N) is 2. The highest BCUT2D eigenvalue weighted by atomic mass is 35.5. The Hall–Kier alpha value is -1.52. The third kappa shape index (κ3) is 3.24. The first-order chi connectivity index (χ1) is 8.54. The molecule has 2 aromatic rings. The number of hydrogen-bond donors (Lipinski definition) is 1. The molecule has 0 unspecified atom stereocenters. The van der Waals surface area contributed by atoms with Crippen LogP contribution in [0.2, 0.25) is 10.0 Å². The lowest BCUT2D eigenvalue weighted by atomic mass is 10.3. The van der Waals surface area contributed by atoms with Crippen LogP contribution in [-0.4, -0.2) is 15.7 Å². The van der Waals surface area contributed by atoms with Gasteiger partial charge in [-0.2, -0.15) is 5.10 Å². The lowest BCUT2D eigenvalue weighted by Crippen LogP contribution is -2.18. The minimum atomic E-state index is -0.170. The molecule has 4 nitrogen and oxygen atoms in total. The number of carbonyl (C=O) groups is 1. The molecular weight excluding hydrogens is 273 g/mol. The molecule has 94 valence electrons. The Morgan fingerprint density at radius 3 is 2.78 bits per heavy atom. The molecule has 1 heterocycles. The Labute approximate surface area is 115 Å². The van der Waals surface area contributed by atoms with Crippen LogP contribution in [0, 0.1) is 6.92 Å². The molecule has 0 saturated carbocycles. The molecule has 0 atom stereocenters.